The maximum atomic E-state index is 9.08. The van der Waals surface area contributed by atoms with Crippen LogP contribution < -0.4 is 15.0 Å². The van der Waals surface area contributed by atoms with E-state index in [1.807, 2.05) is 6.92 Å². The molecule has 20 heavy (non-hydrogen) atoms. The smallest absolute Gasteiger partial charge is 0.322 e. The summed E-state index contributed by atoms with van der Waals surface area (Å²) in [5, 5.41) is 12.2. The topological polar surface area (TPSA) is 83.4 Å². The predicted molar refractivity (Wildman–Crippen MR) is 77.2 cm³/mol. The van der Waals surface area contributed by atoms with Crippen LogP contribution in [0.2, 0.25) is 0 Å². The fourth-order valence-corrected chi connectivity index (χ4v) is 2.48. The van der Waals surface area contributed by atoms with Gasteiger partial charge in [0.15, 0.2) is 0 Å². The van der Waals surface area contributed by atoms with Crippen molar-refractivity contribution in [3.05, 3.63) is 0 Å². The van der Waals surface area contributed by atoms with Crippen LogP contribution in [-0.4, -0.2) is 53.4 Å². The normalized spacial score (nSPS) is 18.9. The van der Waals surface area contributed by atoms with Gasteiger partial charge in [-0.05, 0) is 32.1 Å². The summed E-state index contributed by atoms with van der Waals surface area (Å²) in [4.78, 5) is 15.1. The molecule has 0 spiro atoms. The van der Waals surface area contributed by atoms with Crippen LogP contribution in [-0.2, 0) is 0 Å². The molecule has 0 amide bonds. The Labute approximate surface area is 119 Å². The summed E-state index contributed by atoms with van der Waals surface area (Å²) in [7, 11) is 1.56. The number of aliphatic hydroxyl groups excluding tert-OH is 1. The van der Waals surface area contributed by atoms with Crippen molar-refractivity contribution in [3.8, 4) is 6.01 Å². The summed E-state index contributed by atoms with van der Waals surface area (Å²) in [6, 6.07) is 0.329. The Morgan fingerprint density at radius 3 is 2.95 bits per heavy atom. The highest BCUT2D eigenvalue weighted by atomic mass is 16.5. The fraction of sp³-hybridized carbons (Fsp3) is 0.769. The lowest BCUT2D eigenvalue weighted by Crippen LogP contribution is -2.37. The van der Waals surface area contributed by atoms with E-state index in [4.69, 9.17) is 9.84 Å². The molecule has 1 aliphatic rings. The van der Waals surface area contributed by atoms with Crippen LogP contribution in [0.15, 0.2) is 0 Å². The summed E-state index contributed by atoms with van der Waals surface area (Å²) in [5.74, 6) is 1.69. The minimum absolute atomic E-state index is 0.238. The Morgan fingerprint density at radius 2 is 2.25 bits per heavy atom. The van der Waals surface area contributed by atoms with Crippen LogP contribution in [0, 0.1) is 5.92 Å². The Morgan fingerprint density at radius 1 is 1.40 bits per heavy atom. The molecule has 7 heteroatoms. The lowest BCUT2D eigenvalue weighted by atomic mass is 9.95. The van der Waals surface area contributed by atoms with Crippen LogP contribution in [0.5, 0.6) is 6.01 Å². The molecule has 1 aromatic heterocycles. The van der Waals surface area contributed by atoms with E-state index in [0.29, 0.717) is 23.8 Å². The molecule has 2 N–H and O–H groups in total. The zero-order valence-corrected chi connectivity index (χ0v) is 12.2. The van der Waals surface area contributed by atoms with E-state index < -0.39 is 0 Å². The Bertz CT molecular complexity index is 427. The molecule has 0 bridgehead atoms. The number of ether oxygens (including phenoxy) is 1. The van der Waals surface area contributed by atoms with Crippen molar-refractivity contribution >= 4 is 11.9 Å². The Kier molecular flexibility index (Phi) is 5.34. The van der Waals surface area contributed by atoms with E-state index in [9.17, 15) is 0 Å². The zero-order valence-electron chi connectivity index (χ0n) is 12.2. The van der Waals surface area contributed by atoms with Crippen molar-refractivity contribution in [1.29, 1.82) is 0 Å². The molecule has 0 radical (unpaired) electrons. The quantitative estimate of drug-likeness (QED) is 0.802. The number of aromatic nitrogens is 3. The Balaban J connectivity index is 2.15. The van der Waals surface area contributed by atoms with Gasteiger partial charge in [-0.2, -0.15) is 15.0 Å². The minimum atomic E-state index is 0.238. The predicted octanol–water partition coefficient (Wildman–Crippen LogP) is 0.911. The van der Waals surface area contributed by atoms with E-state index >= 15 is 0 Å². The number of hydrogen-bond donors (Lipinski definition) is 2. The highest BCUT2D eigenvalue weighted by Crippen LogP contribution is 2.24. The SMILES string of the molecule is CCNc1nc(OC)nc(N2CCCC(CCO)C2)n1. The molecule has 1 unspecified atom stereocenters. The van der Waals surface area contributed by atoms with E-state index in [0.717, 1.165) is 38.9 Å². The fourth-order valence-electron chi connectivity index (χ4n) is 2.48. The third kappa shape index (κ3) is 3.69. The molecule has 2 heterocycles. The number of methoxy groups -OCH3 is 1. The van der Waals surface area contributed by atoms with Gasteiger partial charge in [-0.1, -0.05) is 0 Å². The van der Waals surface area contributed by atoms with Crippen LogP contribution in [0.4, 0.5) is 11.9 Å². The van der Waals surface area contributed by atoms with Gasteiger partial charge in [0.2, 0.25) is 11.9 Å². The second-order valence-corrected chi connectivity index (χ2v) is 4.94. The van der Waals surface area contributed by atoms with Crippen molar-refractivity contribution < 1.29 is 9.84 Å². The number of anilines is 2. The summed E-state index contributed by atoms with van der Waals surface area (Å²) in [5.41, 5.74) is 0. The first kappa shape index (κ1) is 14.8. The number of nitrogens with one attached hydrogen (secondary N) is 1. The van der Waals surface area contributed by atoms with Crippen LogP contribution in [0.25, 0.3) is 0 Å². The first-order valence-corrected chi connectivity index (χ1v) is 7.16. The highest BCUT2D eigenvalue weighted by molar-refractivity contribution is 5.38. The Hall–Kier alpha value is -1.63. The third-order valence-corrected chi connectivity index (χ3v) is 3.46. The van der Waals surface area contributed by atoms with Crippen molar-refractivity contribution in [3.63, 3.8) is 0 Å². The van der Waals surface area contributed by atoms with E-state index in [-0.39, 0.29) is 6.61 Å². The van der Waals surface area contributed by atoms with Gasteiger partial charge in [-0.3, -0.25) is 0 Å². The van der Waals surface area contributed by atoms with Crippen LogP contribution in [0.3, 0.4) is 0 Å². The van der Waals surface area contributed by atoms with Crippen LogP contribution >= 0.6 is 0 Å². The average Bonchev–Trinajstić information content (AvgIpc) is 2.48. The molecule has 0 saturated carbocycles. The van der Waals surface area contributed by atoms with Gasteiger partial charge >= 0.3 is 6.01 Å². The molecule has 1 atom stereocenters. The maximum Gasteiger partial charge on any atom is 0.322 e. The van der Waals surface area contributed by atoms with Crippen LogP contribution in [0.1, 0.15) is 26.2 Å². The van der Waals surface area contributed by atoms with Crippen molar-refractivity contribution in [2.75, 3.05) is 43.6 Å². The summed E-state index contributed by atoms with van der Waals surface area (Å²) in [6.07, 6.45) is 3.08. The standard InChI is InChI=1S/C13H23N5O2/c1-3-14-11-15-12(17-13(16-11)20-2)18-7-4-5-10(9-18)6-8-19/h10,19H,3-9H2,1-2H3,(H,14,15,16,17). The van der Waals surface area contributed by atoms with Crippen molar-refractivity contribution in [2.45, 2.75) is 26.2 Å². The molecule has 0 aliphatic carbocycles. The minimum Gasteiger partial charge on any atom is -0.467 e. The first-order valence-electron chi connectivity index (χ1n) is 7.16. The molecule has 1 aromatic rings. The molecule has 7 nitrogen and oxygen atoms in total. The molecule has 1 fully saturated rings. The summed E-state index contributed by atoms with van der Waals surface area (Å²) in [6.45, 7) is 4.79. The van der Waals surface area contributed by atoms with Gasteiger partial charge in [0.1, 0.15) is 0 Å². The van der Waals surface area contributed by atoms with Gasteiger partial charge in [-0.15, -0.1) is 0 Å². The van der Waals surface area contributed by atoms with Crippen molar-refractivity contribution in [2.24, 2.45) is 5.92 Å². The molecular formula is C13H23N5O2. The molecule has 0 aromatic carbocycles. The summed E-state index contributed by atoms with van der Waals surface area (Å²) < 4.78 is 5.14. The summed E-state index contributed by atoms with van der Waals surface area (Å²) >= 11 is 0. The number of aliphatic hydroxyl groups is 1. The second kappa shape index (κ2) is 7.23. The lowest BCUT2D eigenvalue weighted by molar-refractivity contribution is 0.243. The number of rotatable bonds is 6. The van der Waals surface area contributed by atoms with Gasteiger partial charge in [0.05, 0.1) is 7.11 Å². The average molecular weight is 281 g/mol. The lowest BCUT2D eigenvalue weighted by Gasteiger charge is -2.32. The van der Waals surface area contributed by atoms with Gasteiger partial charge < -0.3 is 20.1 Å². The van der Waals surface area contributed by atoms with Gasteiger partial charge in [0.25, 0.3) is 0 Å². The molecule has 1 saturated heterocycles. The second-order valence-electron chi connectivity index (χ2n) is 4.94. The largest absolute Gasteiger partial charge is 0.467 e. The number of hydrogen-bond acceptors (Lipinski definition) is 7. The molecule has 112 valence electrons. The molecule has 2 rings (SSSR count). The molecular weight excluding hydrogens is 258 g/mol. The maximum absolute atomic E-state index is 9.08. The number of nitrogens with zero attached hydrogens (tertiary/aromatic N) is 4. The van der Waals surface area contributed by atoms with E-state index in [2.05, 4.69) is 25.2 Å². The first-order chi connectivity index (χ1) is 9.76. The van der Waals surface area contributed by atoms with Crippen molar-refractivity contribution in [1.82, 2.24) is 15.0 Å². The zero-order chi connectivity index (χ0) is 14.4. The highest BCUT2D eigenvalue weighted by Gasteiger charge is 2.22. The number of piperidine rings is 1. The van der Waals surface area contributed by atoms with E-state index in [1.165, 1.54) is 0 Å². The van der Waals surface area contributed by atoms with E-state index in [1.54, 1.807) is 7.11 Å². The van der Waals surface area contributed by atoms with Gasteiger partial charge in [-0.25, -0.2) is 0 Å². The third-order valence-electron chi connectivity index (χ3n) is 3.46. The molecule has 1 aliphatic heterocycles. The monoisotopic (exact) mass is 281 g/mol. The van der Waals surface area contributed by atoms with Gasteiger partial charge in [0, 0.05) is 26.2 Å².